The summed E-state index contributed by atoms with van der Waals surface area (Å²) in [6, 6.07) is 8.01. The van der Waals surface area contributed by atoms with Gasteiger partial charge in [-0.25, -0.2) is 0 Å². The quantitative estimate of drug-likeness (QED) is 0.591. The Hall–Kier alpha value is -2.26. The third-order valence-electron chi connectivity index (χ3n) is 4.09. The molecule has 0 aliphatic carbocycles. The molecule has 1 aromatic heterocycles. The van der Waals surface area contributed by atoms with Crippen LogP contribution in [0.4, 0.5) is 0 Å². The smallest absolute Gasteiger partial charge is 0.223 e. The number of pyridine rings is 1. The molecule has 3 rings (SSSR count). The molecular formula is C17H20N2O6. The third-order valence-corrected chi connectivity index (χ3v) is 4.09. The van der Waals surface area contributed by atoms with E-state index in [1.165, 1.54) is 6.92 Å². The Bertz CT molecular complexity index is 750. The van der Waals surface area contributed by atoms with Crippen molar-refractivity contribution < 1.29 is 29.6 Å². The lowest BCUT2D eigenvalue weighted by atomic mass is 9.97. The van der Waals surface area contributed by atoms with Gasteiger partial charge in [0.15, 0.2) is 0 Å². The van der Waals surface area contributed by atoms with Crippen molar-refractivity contribution in [2.45, 2.75) is 37.6 Å². The lowest BCUT2D eigenvalue weighted by Crippen LogP contribution is -2.65. The van der Waals surface area contributed by atoms with E-state index in [2.05, 4.69) is 10.3 Å². The number of benzene rings is 1. The first-order valence-corrected chi connectivity index (χ1v) is 7.91. The number of nitrogens with one attached hydrogen (secondary N) is 1. The number of hydrogen-bond donors (Lipinski definition) is 4. The number of amides is 1. The van der Waals surface area contributed by atoms with Crippen molar-refractivity contribution in [3.63, 3.8) is 0 Å². The average Bonchev–Trinajstić information content (AvgIpc) is 2.61. The molecule has 4 N–H and O–H groups in total. The van der Waals surface area contributed by atoms with Gasteiger partial charge in [-0.05, 0) is 12.1 Å². The fraction of sp³-hybridized carbons (Fsp3) is 0.412. The van der Waals surface area contributed by atoms with Gasteiger partial charge in [0.05, 0.1) is 6.61 Å². The molecule has 0 spiro atoms. The van der Waals surface area contributed by atoms with Crippen molar-refractivity contribution in [1.29, 1.82) is 0 Å². The summed E-state index contributed by atoms with van der Waals surface area (Å²) in [4.78, 5) is 15.7. The van der Waals surface area contributed by atoms with E-state index in [0.717, 1.165) is 5.39 Å². The fourth-order valence-electron chi connectivity index (χ4n) is 2.87. The van der Waals surface area contributed by atoms with E-state index in [1.54, 1.807) is 24.4 Å². The highest BCUT2D eigenvalue weighted by Gasteiger charge is 2.46. The van der Waals surface area contributed by atoms with E-state index < -0.39 is 43.2 Å². The van der Waals surface area contributed by atoms with Gasteiger partial charge < -0.3 is 30.1 Å². The number of para-hydroxylation sites is 1. The van der Waals surface area contributed by atoms with Crippen LogP contribution in [-0.2, 0) is 9.53 Å². The van der Waals surface area contributed by atoms with E-state index in [1.807, 2.05) is 12.1 Å². The molecule has 8 heteroatoms. The van der Waals surface area contributed by atoms with Crippen LogP contribution in [0.5, 0.6) is 5.75 Å². The molecule has 0 bridgehead atoms. The molecule has 1 aromatic carbocycles. The van der Waals surface area contributed by atoms with Crippen molar-refractivity contribution in [3.05, 3.63) is 36.5 Å². The molecule has 2 aromatic rings. The standard InChI is InChI=1S/C17H20N2O6/c1-9(21)19-14-16(23)15(22)12(8-20)25-17(14)24-11-6-2-4-10-5-3-7-18-13(10)11/h2-7,12,14-17,20,22-23H,8H2,1H3,(H,19,21)/t12-,14-,15+,16-,17-/m1/s1. The summed E-state index contributed by atoms with van der Waals surface area (Å²) in [5, 5.41) is 33.0. The van der Waals surface area contributed by atoms with E-state index in [-0.39, 0.29) is 0 Å². The first-order valence-electron chi connectivity index (χ1n) is 7.91. The van der Waals surface area contributed by atoms with Crippen molar-refractivity contribution in [2.75, 3.05) is 6.61 Å². The lowest BCUT2D eigenvalue weighted by Gasteiger charge is -2.42. The summed E-state index contributed by atoms with van der Waals surface area (Å²) in [5.74, 6) is -0.00863. The summed E-state index contributed by atoms with van der Waals surface area (Å²) in [5.41, 5.74) is 0.594. The third kappa shape index (κ3) is 3.57. The molecule has 0 unspecified atom stereocenters. The SMILES string of the molecule is CC(=O)N[C@H]1[C@H](Oc2cccc3cccnc23)O[C@H](CO)[C@H](O)[C@@H]1O. The molecular weight excluding hydrogens is 328 g/mol. The maximum Gasteiger partial charge on any atom is 0.223 e. The maximum absolute atomic E-state index is 11.4. The molecule has 1 aliphatic rings. The number of aromatic nitrogens is 1. The molecule has 2 heterocycles. The van der Waals surface area contributed by atoms with E-state index in [4.69, 9.17) is 9.47 Å². The highest BCUT2D eigenvalue weighted by Crippen LogP contribution is 2.28. The number of nitrogens with zero attached hydrogens (tertiary/aromatic N) is 1. The molecule has 1 amide bonds. The Labute approximate surface area is 144 Å². The number of carbonyl (C=O) groups excluding carboxylic acids is 1. The summed E-state index contributed by atoms with van der Waals surface area (Å²) in [7, 11) is 0. The predicted octanol–water partition coefficient (Wildman–Crippen LogP) is -0.443. The summed E-state index contributed by atoms with van der Waals surface area (Å²) < 4.78 is 11.4. The first-order chi connectivity index (χ1) is 12.0. The van der Waals surface area contributed by atoms with Crippen LogP contribution in [0, 0.1) is 0 Å². The van der Waals surface area contributed by atoms with Gasteiger partial charge in [-0.15, -0.1) is 0 Å². The topological polar surface area (TPSA) is 121 Å². The molecule has 5 atom stereocenters. The van der Waals surface area contributed by atoms with E-state index in [9.17, 15) is 20.1 Å². The molecule has 25 heavy (non-hydrogen) atoms. The molecule has 1 aliphatic heterocycles. The molecule has 0 radical (unpaired) electrons. The van der Waals surface area contributed by atoms with E-state index in [0.29, 0.717) is 11.3 Å². The zero-order chi connectivity index (χ0) is 18.0. The van der Waals surface area contributed by atoms with E-state index >= 15 is 0 Å². The number of rotatable bonds is 4. The van der Waals surface area contributed by atoms with Crippen LogP contribution in [0.25, 0.3) is 10.9 Å². The summed E-state index contributed by atoms with van der Waals surface area (Å²) in [6.07, 6.45) is -3.23. The van der Waals surface area contributed by atoms with Crippen molar-refractivity contribution in [1.82, 2.24) is 10.3 Å². The van der Waals surface area contributed by atoms with Crippen LogP contribution in [0.15, 0.2) is 36.5 Å². The minimum atomic E-state index is -1.36. The van der Waals surface area contributed by atoms with Crippen LogP contribution >= 0.6 is 0 Å². The largest absolute Gasteiger partial charge is 0.460 e. The lowest BCUT2D eigenvalue weighted by molar-refractivity contribution is -0.244. The second kappa shape index (κ2) is 7.32. The second-order valence-corrected chi connectivity index (χ2v) is 5.88. The Balaban J connectivity index is 1.92. The molecule has 0 saturated carbocycles. The summed E-state index contributed by atoms with van der Waals surface area (Å²) >= 11 is 0. The minimum absolute atomic E-state index is 0.402. The first kappa shape index (κ1) is 17.6. The number of hydrogen-bond acceptors (Lipinski definition) is 7. The highest BCUT2D eigenvalue weighted by atomic mass is 16.7. The second-order valence-electron chi connectivity index (χ2n) is 5.88. The van der Waals surface area contributed by atoms with Crippen molar-refractivity contribution in [3.8, 4) is 5.75 Å². The highest BCUT2D eigenvalue weighted by molar-refractivity contribution is 5.84. The van der Waals surface area contributed by atoms with Crippen LogP contribution in [0.1, 0.15) is 6.92 Å². The van der Waals surface area contributed by atoms with Gasteiger partial charge in [0, 0.05) is 18.5 Å². The fourth-order valence-corrected chi connectivity index (χ4v) is 2.87. The molecule has 134 valence electrons. The number of aliphatic hydroxyl groups excluding tert-OH is 3. The normalized spacial score (nSPS) is 29.4. The molecule has 1 saturated heterocycles. The van der Waals surface area contributed by atoms with Gasteiger partial charge in [0.1, 0.15) is 35.6 Å². The monoisotopic (exact) mass is 348 g/mol. The number of fused-ring (bicyclic) bond motifs is 1. The Kier molecular flexibility index (Phi) is 5.14. The Morgan fingerprint density at radius 3 is 2.76 bits per heavy atom. The number of aliphatic hydroxyl groups is 3. The zero-order valence-electron chi connectivity index (χ0n) is 13.6. The average molecular weight is 348 g/mol. The van der Waals surface area contributed by atoms with Crippen LogP contribution in [0.3, 0.4) is 0 Å². The molecule has 1 fully saturated rings. The van der Waals surface area contributed by atoms with Gasteiger partial charge in [-0.1, -0.05) is 18.2 Å². The zero-order valence-corrected chi connectivity index (χ0v) is 13.6. The van der Waals surface area contributed by atoms with Gasteiger partial charge in [-0.2, -0.15) is 0 Å². The van der Waals surface area contributed by atoms with Crippen LogP contribution in [-0.4, -0.2) is 63.5 Å². The van der Waals surface area contributed by atoms with Gasteiger partial charge in [0.25, 0.3) is 0 Å². The number of ether oxygens (including phenoxy) is 2. The van der Waals surface area contributed by atoms with Crippen LogP contribution < -0.4 is 10.1 Å². The molecule has 8 nitrogen and oxygen atoms in total. The van der Waals surface area contributed by atoms with Crippen LogP contribution in [0.2, 0.25) is 0 Å². The summed E-state index contributed by atoms with van der Waals surface area (Å²) in [6.45, 7) is 0.784. The Morgan fingerprint density at radius 1 is 1.28 bits per heavy atom. The maximum atomic E-state index is 11.4. The number of carbonyl (C=O) groups is 1. The van der Waals surface area contributed by atoms with Gasteiger partial charge >= 0.3 is 0 Å². The van der Waals surface area contributed by atoms with Crippen molar-refractivity contribution in [2.24, 2.45) is 0 Å². The van der Waals surface area contributed by atoms with Gasteiger partial charge in [0.2, 0.25) is 12.2 Å². The van der Waals surface area contributed by atoms with Crippen molar-refractivity contribution >= 4 is 16.8 Å². The predicted molar refractivity (Wildman–Crippen MR) is 87.7 cm³/mol. The minimum Gasteiger partial charge on any atom is -0.460 e. The van der Waals surface area contributed by atoms with Gasteiger partial charge in [-0.3, -0.25) is 9.78 Å². The Morgan fingerprint density at radius 2 is 2.04 bits per heavy atom.